The van der Waals surface area contributed by atoms with Crippen molar-refractivity contribution in [2.75, 3.05) is 32.2 Å². The number of nitrogens with zero attached hydrogens (tertiary/aromatic N) is 3. The summed E-state index contributed by atoms with van der Waals surface area (Å²) < 4.78 is 52.0. The van der Waals surface area contributed by atoms with Gasteiger partial charge in [0.1, 0.15) is 5.75 Å². The van der Waals surface area contributed by atoms with Crippen molar-refractivity contribution in [3.05, 3.63) is 107 Å². The van der Waals surface area contributed by atoms with Gasteiger partial charge in [0.2, 0.25) is 0 Å². The third-order valence-corrected chi connectivity index (χ3v) is 7.34. The van der Waals surface area contributed by atoms with Gasteiger partial charge in [-0.05, 0) is 65.7 Å². The zero-order valence-electron chi connectivity index (χ0n) is 22.2. The zero-order chi connectivity index (χ0) is 28.6. The van der Waals surface area contributed by atoms with Gasteiger partial charge in [-0.15, -0.1) is 0 Å². The standard InChI is InChI=1S/C31H27F3N4O3/c1-40-24-11-4-20(5-12-24)18-35-29-26-3-2-14-37(26)27-17-22(8-13-25(27)36-29)30(39)38-15-16-41-19-28(38)21-6-9-23(10-7-21)31(32,33)34/h2-14,17,28H,15-16,18-19H2,1H3,(H,35,36). The number of hydrogen-bond acceptors (Lipinski definition) is 5. The lowest BCUT2D eigenvalue weighted by molar-refractivity contribution is -0.137. The van der Waals surface area contributed by atoms with Crippen LogP contribution in [0.1, 0.15) is 33.1 Å². The van der Waals surface area contributed by atoms with E-state index < -0.39 is 17.8 Å². The molecule has 0 radical (unpaired) electrons. The Balaban J connectivity index is 1.27. The highest BCUT2D eigenvalue weighted by atomic mass is 19.4. The van der Waals surface area contributed by atoms with Crippen molar-refractivity contribution < 1.29 is 27.4 Å². The third-order valence-electron chi connectivity index (χ3n) is 7.34. The number of carbonyl (C=O) groups excluding carboxylic acids is 1. The minimum Gasteiger partial charge on any atom is -0.497 e. The number of rotatable bonds is 6. The number of anilines is 1. The first-order chi connectivity index (χ1) is 19.8. The minimum absolute atomic E-state index is 0.206. The number of halogens is 3. The molecule has 0 bridgehead atoms. The Kier molecular flexibility index (Phi) is 7.00. The highest BCUT2D eigenvalue weighted by Crippen LogP contribution is 2.33. The monoisotopic (exact) mass is 560 g/mol. The Labute approximate surface area is 234 Å². The molecule has 0 spiro atoms. The first-order valence-corrected chi connectivity index (χ1v) is 13.2. The maximum Gasteiger partial charge on any atom is 0.416 e. The summed E-state index contributed by atoms with van der Waals surface area (Å²) in [6.45, 7) is 1.45. The number of alkyl halides is 3. The van der Waals surface area contributed by atoms with E-state index in [4.69, 9.17) is 14.5 Å². The Hall–Kier alpha value is -4.57. The van der Waals surface area contributed by atoms with Crippen molar-refractivity contribution in [3.63, 3.8) is 0 Å². The number of ether oxygens (including phenoxy) is 2. The van der Waals surface area contributed by atoms with Gasteiger partial charge in [-0.25, -0.2) is 4.98 Å². The summed E-state index contributed by atoms with van der Waals surface area (Å²) in [6.07, 6.45) is -2.50. The molecule has 1 aliphatic rings. The van der Waals surface area contributed by atoms with Crippen LogP contribution in [0.15, 0.2) is 85.1 Å². The van der Waals surface area contributed by atoms with Crippen molar-refractivity contribution in [1.29, 1.82) is 0 Å². The molecular weight excluding hydrogens is 533 g/mol. The second-order valence-electron chi connectivity index (χ2n) is 9.84. The van der Waals surface area contributed by atoms with E-state index in [1.54, 1.807) is 18.1 Å². The van der Waals surface area contributed by atoms with E-state index in [-0.39, 0.29) is 12.5 Å². The zero-order valence-corrected chi connectivity index (χ0v) is 22.2. The van der Waals surface area contributed by atoms with Crippen LogP contribution >= 0.6 is 0 Å². The number of fused-ring (bicyclic) bond motifs is 3. The van der Waals surface area contributed by atoms with Gasteiger partial charge in [-0.1, -0.05) is 24.3 Å². The molecule has 1 atom stereocenters. The lowest BCUT2D eigenvalue weighted by atomic mass is 10.0. The van der Waals surface area contributed by atoms with Crippen LogP contribution < -0.4 is 10.1 Å². The lowest BCUT2D eigenvalue weighted by Gasteiger charge is -2.36. The molecule has 6 rings (SSSR count). The number of amides is 1. The quantitative estimate of drug-likeness (QED) is 0.263. The normalized spacial score (nSPS) is 15.8. The van der Waals surface area contributed by atoms with Gasteiger partial charge < -0.3 is 24.1 Å². The van der Waals surface area contributed by atoms with E-state index in [9.17, 15) is 18.0 Å². The van der Waals surface area contributed by atoms with E-state index in [1.807, 2.05) is 59.1 Å². The summed E-state index contributed by atoms with van der Waals surface area (Å²) in [5.41, 5.74) is 3.75. The number of benzene rings is 3. The fourth-order valence-corrected chi connectivity index (χ4v) is 5.15. The lowest BCUT2D eigenvalue weighted by Crippen LogP contribution is -2.43. The van der Waals surface area contributed by atoms with Gasteiger partial charge in [0.15, 0.2) is 5.82 Å². The molecule has 0 aliphatic carbocycles. The molecule has 7 nitrogen and oxygen atoms in total. The van der Waals surface area contributed by atoms with Crippen LogP contribution in [0, 0.1) is 0 Å². The van der Waals surface area contributed by atoms with E-state index in [2.05, 4.69) is 5.32 Å². The number of hydrogen-bond donors (Lipinski definition) is 1. The minimum atomic E-state index is -4.43. The molecule has 1 fully saturated rings. The summed E-state index contributed by atoms with van der Waals surface area (Å²) in [5.74, 6) is 1.29. The second kappa shape index (κ2) is 10.8. The summed E-state index contributed by atoms with van der Waals surface area (Å²) in [6, 6.07) is 21.4. The Morgan fingerprint density at radius 1 is 1.05 bits per heavy atom. The predicted molar refractivity (Wildman–Crippen MR) is 149 cm³/mol. The number of carbonyl (C=O) groups is 1. The average molecular weight is 561 g/mol. The van der Waals surface area contributed by atoms with Crippen molar-refractivity contribution in [3.8, 4) is 5.75 Å². The van der Waals surface area contributed by atoms with Crippen molar-refractivity contribution >= 4 is 28.3 Å². The van der Waals surface area contributed by atoms with Crippen molar-refractivity contribution in [2.45, 2.75) is 18.8 Å². The highest BCUT2D eigenvalue weighted by molar-refractivity contribution is 5.98. The van der Waals surface area contributed by atoms with Gasteiger partial charge in [0.25, 0.3) is 5.91 Å². The van der Waals surface area contributed by atoms with Crippen molar-refractivity contribution in [1.82, 2.24) is 14.3 Å². The molecule has 5 aromatic rings. The number of aromatic nitrogens is 2. The molecule has 3 aromatic carbocycles. The molecule has 0 saturated carbocycles. The largest absolute Gasteiger partial charge is 0.497 e. The SMILES string of the molecule is COc1ccc(CNc2nc3ccc(C(=O)N4CCOCC4c4ccc(C(F)(F)F)cc4)cc3n3cccc23)cc1. The van der Waals surface area contributed by atoms with Crippen LogP contribution in [0.25, 0.3) is 16.6 Å². The summed E-state index contributed by atoms with van der Waals surface area (Å²) in [5, 5.41) is 3.41. The molecule has 3 heterocycles. The summed E-state index contributed by atoms with van der Waals surface area (Å²) in [4.78, 5) is 20.2. The average Bonchev–Trinajstić information content (AvgIpc) is 3.50. The van der Waals surface area contributed by atoms with Gasteiger partial charge >= 0.3 is 6.18 Å². The molecule has 41 heavy (non-hydrogen) atoms. The summed E-state index contributed by atoms with van der Waals surface area (Å²) >= 11 is 0. The third kappa shape index (κ3) is 5.30. The molecule has 1 N–H and O–H groups in total. The van der Waals surface area contributed by atoms with Gasteiger partial charge in [0, 0.05) is 24.8 Å². The molecule has 2 aromatic heterocycles. The maximum absolute atomic E-state index is 13.7. The molecule has 10 heteroatoms. The van der Waals surface area contributed by atoms with Crippen LogP contribution in [0.5, 0.6) is 5.75 Å². The molecule has 1 unspecified atom stereocenters. The molecule has 210 valence electrons. The van der Waals surface area contributed by atoms with Crippen LogP contribution in [0.2, 0.25) is 0 Å². The first kappa shape index (κ1) is 26.6. The number of nitrogens with one attached hydrogen (secondary N) is 1. The number of morpholine rings is 1. The van der Waals surface area contributed by atoms with Crippen LogP contribution in [-0.4, -0.2) is 47.1 Å². The smallest absolute Gasteiger partial charge is 0.416 e. The van der Waals surface area contributed by atoms with E-state index in [0.717, 1.165) is 34.5 Å². The highest BCUT2D eigenvalue weighted by Gasteiger charge is 2.33. The Morgan fingerprint density at radius 2 is 1.83 bits per heavy atom. The summed E-state index contributed by atoms with van der Waals surface area (Å²) in [7, 11) is 1.63. The topological polar surface area (TPSA) is 68.1 Å². The Morgan fingerprint density at radius 3 is 2.56 bits per heavy atom. The van der Waals surface area contributed by atoms with Crippen LogP contribution in [0.3, 0.4) is 0 Å². The van der Waals surface area contributed by atoms with Crippen LogP contribution in [-0.2, 0) is 17.5 Å². The molecular formula is C31H27F3N4O3. The van der Waals surface area contributed by atoms with E-state index in [0.29, 0.717) is 42.2 Å². The van der Waals surface area contributed by atoms with Gasteiger partial charge in [-0.2, -0.15) is 13.2 Å². The van der Waals surface area contributed by atoms with E-state index in [1.165, 1.54) is 12.1 Å². The second-order valence-corrected chi connectivity index (χ2v) is 9.84. The number of methoxy groups -OCH3 is 1. The maximum atomic E-state index is 13.7. The van der Waals surface area contributed by atoms with Gasteiger partial charge in [-0.3, -0.25) is 4.79 Å². The van der Waals surface area contributed by atoms with Crippen molar-refractivity contribution in [2.24, 2.45) is 0 Å². The fourth-order valence-electron chi connectivity index (χ4n) is 5.15. The fraction of sp³-hybridized carbons (Fsp3) is 0.226. The van der Waals surface area contributed by atoms with Crippen LogP contribution in [0.4, 0.5) is 19.0 Å². The molecule has 1 aliphatic heterocycles. The predicted octanol–water partition coefficient (Wildman–Crippen LogP) is 6.34. The van der Waals surface area contributed by atoms with Gasteiger partial charge in [0.05, 0.1) is 48.5 Å². The van der Waals surface area contributed by atoms with E-state index >= 15 is 0 Å². The Bertz CT molecular complexity index is 1700. The molecule has 1 saturated heterocycles. The first-order valence-electron chi connectivity index (χ1n) is 13.2. The molecule has 1 amide bonds.